The number of thioether (sulfide) groups is 1. The number of rotatable bonds is 38. The molecule has 0 spiro atoms. The lowest BCUT2D eigenvalue weighted by Gasteiger charge is -2.28. The molecule has 0 aromatic heterocycles. The molecule has 0 saturated carbocycles. The molecule has 0 rings (SSSR count). The minimum absolute atomic E-state index is 0.0106. The molecule has 10 amide bonds. The van der Waals surface area contributed by atoms with Crippen molar-refractivity contribution in [3.05, 3.63) is 0 Å². The van der Waals surface area contributed by atoms with Gasteiger partial charge in [-0.05, 0) is 70.3 Å². The van der Waals surface area contributed by atoms with E-state index in [0.29, 0.717) is 0 Å². The van der Waals surface area contributed by atoms with Gasteiger partial charge in [-0.15, -0.1) is 0 Å². The Kier molecular flexibility index (Phi) is 31.4. The standard InChI is InChI=1S/C41H70N16O16S/c1-19(32(65)57-27(39(72)73)18-29(43)60)50-33(66)21(6-4-15-48-40(44)45)52-34(67)22(7-5-16-49-41(46)47)53-36(69)24(8-11-28(42)59)54-38(71)26(14-17-74-3)56-37(70)25(10-13-31(63)64)55-35(68)23(51-20(2)58)9-12-30(61)62/h19,21-27H,4-18H2,1-3H3,(H2,42,59)(H2,43,60)(H,50,66)(H,51,58)(H,52,67)(H,53,69)(H,54,71)(H,55,68)(H,56,70)(H,57,65)(H,61,62)(H,63,64)(H,72,73)(H4,44,45,48)(H4,46,47,49)/t19-,21-,22-,23-,24-,25-,26-,27-/m0/s1. The van der Waals surface area contributed by atoms with Crippen LogP contribution < -0.4 is 76.9 Å². The molecule has 23 N–H and O–H groups in total. The predicted octanol–water partition coefficient (Wildman–Crippen LogP) is -7.28. The van der Waals surface area contributed by atoms with Crippen LogP contribution >= 0.6 is 11.8 Å². The first-order valence-corrected chi connectivity index (χ1v) is 24.2. The molecule has 33 heteroatoms. The third-order valence-corrected chi connectivity index (χ3v) is 10.7. The lowest BCUT2D eigenvalue weighted by Crippen LogP contribution is -2.60. The number of carbonyl (C=O) groups excluding carboxylic acids is 10. The summed E-state index contributed by atoms with van der Waals surface area (Å²) < 4.78 is 0. The lowest BCUT2D eigenvalue weighted by atomic mass is 10.0. The second kappa shape index (κ2) is 35.2. The van der Waals surface area contributed by atoms with Gasteiger partial charge in [-0.3, -0.25) is 67.5 Å². The van der Waals surface area contributed by atoms with Crippen molar-refractivity contribution in [3.8, 4) is 0 Å². The molecule has 0 aliphatic rings. The average molecular weight is 1080 g/mol. The van der Waals surface area contributed by atoms with Crippen molar-refractivity contribution in [1.82, 2.24) is 42.5 Å². The van der Waals surface area contributed by atoms with Crippen LogP contribution in [0.4, 0.5) is 0 Å². The van der Waals surface area contributed by atoms with Gasteiger partial charge >= 0.3 is 17.9 Å². The zero-order chi connectivity index (χ0) is 56.7. The quantitative estimate of drug-likeness (QED) is 0.0155. The van der Waals surface area contributed by atoms with Gasteiger partial charge in [0.05, 0.1) is 6.42 Å². The highest BCUT2D eigenvalue weighted by molar-refractivity contribution is 7.98. The van der Waals surface area contributed by atoms with E-state index < -0.39 is 170 Å². The topological polar surface area (TPSA) is 560 Å². The third-order valence-electron chi connectivity index (χ3n) is 10.1. The van der Waals surface area contributed by atoms with E-state index in [-0.39, 0.29) is 62.9 Å². The fourth-order valence-electron chi connectivity index (χ4n) is 6.36. The largest absolute Gasteiger partial charge is 0.481 e. The van der Waals surface area contributed by atoms with Crippen LogP contribution in [0.1, 0.15) is 90.9 Å². The van der Waals surface area contributed by atoms with Gasteiger partial charge in [0.25, 0.3) is 0 Å². The highest BCUT2D eigenvalue weighted by atomic mass is 32.2. The summed E-state index contributed by atoms with van der Waals surface area (Å²) in [5.41, 5.74) is 32.2. The number of nitrogens with zero attached hydrogens (tertiary/aromatic N) is 2. The Balaban J connectivity index is 6.92. The monoisotopic (exact) mass is 1070 g/mol. The number of nitrogens with two attached hydrogens (primary N) is 6. The van der Waals surface area contributed by atoms with Crippen molar-refractivity contribution < 1.29 is 77.6 Å². The Morgan fingerprint density at radius 3 is 1.11 bits per heavy atom. The van der Waals surface area contributed by atoms with E-state index in [1.165, 1.54) is 18.7 Å². The van der Waals surface area contributed by atoms with Gasteiger partial charge in [0.15, 0.2) is 11.9 Å². The number of nitrogens with one attached hydrogen (secondary N) is 8. The van der Waals surface area contributed by atoms with Gasteiger partial charge < -0.3 is 92.3 Å². The minimum atomic E-state index is -1.74. The number of aliphatic imine (C=N–C) groups is 2. The first kappa shape index (κ1) is 66.0. The molecule has 8 atom stereocenters. The van der Waals surface area contributed by atoms with E-state index in [2.05, 4.69) is 52.5 Å². The van der Waals surface area contributed by atoms with E-state index in [0.717, 1.165) is 6.92 Å². The molecular weight excluding hydrogens is 1000 g/mol. The molecule has 0 unspecified atom stereocenters. The maximum atomic E-state index is 14.1. The number of primary amides is 2. The molecule has 0 radical (unpaired) electrons. The number of carbonyl (C=O) groups is 13. The van der Waals surface area contributed by atoms with Crippen LogP contribution in [0.15, 0.2) is 9.98 Å². The van der Waals surface area contributed by atoms with Crippen LogP contribution in [0.2, 0.25) is 0 Å². The predicted molar refractivity (Wildman–Crippen MR) is 263 cm³/mol. The van der Waals surface area contributed by atoms with Crippen LogP contribution in [0.25, 0.3) is 0 Å². The molecule has 0 aromatic carbocycles. The molecule has 32 nitrogen and oxygen atoms in total. The van der Waals surface area contributed by atoms with E-state index in [1.807, 2.05) is 0 Å². The zero-order valence-corrected chi connectivity index (χ0v) is 42.0. The van der Waals surface area contributed by atoms with Gasteiger partial charge in [0.2, 0.25) is 59.1 Å². The Morgan fingerprint density at radius 2 is 0.784 bits per heavy atom. The normalized spacial score (nSPS) is 13.9. The van der Waals surface area contributed by atoms with Crippen molar-refractivity contribution >= 4 is 101 Å². The Morgan fingerprint density at radius 1 is 0.446 bits per heavy atom. The van der Waals surface area contributed by atoms with Gasteiger partial charge in [-0.1, -0.05) is 0 Å². The number of amides is 10. The summed E-state index contributed by atoms with van der Waals surface area (Å²) >= 11 is 1.23. The van der Waals surface area contributed by atoms with Crippen molar-refractivity contribution in [2.24, 2.45) is 44.4 Å². The molecule has 0 aromatic rings. The van der Waals surface area contributed by atoms with E-state index in [1.54, 1.807) is 6.26 Å². The number of aliphatic carboxylic acids is 3. The Labute approximate surface area is 428 Å². The number of hydrogen-bond acceptors (Lipinski definition) is 16. The first-order chi connectivity index (χ1) is 34.6. The molecule has 0 fully saturated rings. The summed E-state index contributed by atoms with van der Waals surface area (Å²) in [5.74, 6) is -14.7. The highest BCUT2D eigenvalue weighted by Crippen LogP contribution is 2.10. The zero-order valence-electron chi connectivity index (χ0n) is 41.1. The number of hydrogen-bond donors (Lipinski definition) is 17. The SMILES string of the molecule is CSCC[C@H](NC(=O)[C@H](CCC(=O)O)NC(=O)[C@H](CCC(=O)O)NC(C)=O)C(=O)N[C@@H](CCC(N)=O)C(=O)N[C@@H](CCCN=C(N)N)C(=O)N[C@@H](CCCN=C(N)N)C(=O)N[C@@H](C)C(=O)N[C@@H](CC(N)=O)C(=O)O. The summed E-state index contributed by atoms with van der Waals surface area (Å²) in [5, 5.41) is 46.7. The minimum Gasteiger partial charge on any atom is -0.481 e. The molecular formula is C41H70N16O16S. The number of guanidine groups is 2. The molecule has 0 aliphatic carbocycles. The summed E-state index contributed by atoms with van der Waals surface area (Å²) in [4.78, 5) is 173. The van der Waals surface area contributed by atoms with Crippen molar-refractivity contribution in [2.45, 2.75) is 139 Å². The molecule has 0 heterocycles. The van der Waals surface area contributed by atoms with Crippen molar-refractivity contribution in [2.75, 3.05) is 25.1 Å². The van der Waals surface area contributed by atoms with Gasteiger partial charge in [0, 0.05) is 39.3 Å². The highest BCUT2D eigenvalue weighted by Gasteiger charge is 2.35. The Hall–Kier alpha value is -8.00. The van der Waals surface area contributed by atoms with E-state index in [4.69, 9.17) is 39.5 Å². The number of carboxylic acids is 3. The second-order valence-corrected chi connectivity index (χ2v) is 17.4. The Bertz CT molecular complexity index is 2070. The van der Waals surface area contributed by atoms with Crippen LogP contribution in [-0.2, 0) is 62.3 Å². The smallest absolute Gasteiger partial charge is 0.326 e. The van der Waals surface area contributed by atoms with Crippen LogP contribution in [0.5, 0.6) is 0 Å². The van der Waals surface area contributed by atoms with Gasteiger partial charge in [-0.2, -0.15) is 11.8 Å². The lowest BCUT2D eigenvalue weighted by molar-refractivity contribution is -0.143. The van der Waals surface area contributed by atoms with Crippen LogP contribution in [0, 0.1) is 0 Å². The van der Waals surface area contributed by atoms with Crippen LogP contribution in [-0.4, -0.2) is 178 Å². The van der Waals surface area contributed by atoms with Crippen molar-refractivity contribution in [3.63, 3.8) is 0 Å². The summed E-state index contributed by atoms with van der Waals surface area (Å²) in [6.07, 6.45) is -2.81. The summed E-state index contributed by atoms with van der Waals surface area (Å²) in [6, 6.07) is -12.6. The fraction of sp³-hybridized carbons (Fsp3) is 0.634. The third kappa shape index (κ3) is 29.4. The average Bonchev–Trinajstić information content (AvgIpc) is 3.29. The maximum absolute atomic E-state index is 14.1. The van der Waals surface area contributed by atoms with E-state index >= 15 is 0 Å². The maximum Gasteiger partial charge on any atom is 0.326 e. The van der Waals surface area contributed by atoms with E-state index in [9.17, 15) is 72.5 Å². The molecule has 0 aliphatic heterocycles. The summed E-state index contributed by atoms with van der Waals surface area (Å²) in [7, 11) is 0. The molecule has 74 heavy (non-hydrogen) atoms. The summed E-state index contributed by atoms with van der Waals surface area (Å²) in [6.45, 7) is 2.10. The second-order valence-electron chi connectivity index (χ2n) is 16.4. The molecule has 416 valence electrons. The molecule has 0 saturated heterocycles. The van der Waals surface area contributed by atoms with Gasteiger partial charge in [0.1, 0.15) is 48.3 Å². The fourth-order valence-corrected chi connectivity index (χ4v) is 6.83. The molecule has 0 bridgehead atoms. The van der Waals surface area contributed by atoms with Gasteiger partial charge in [-0.25, -0.2) is 4.79 Å². The van der Waals surface area contributed by atoms with Crippen molar-refractivity contribution in [1.29, 1.82) is 0 Å². The first-order valence-electron chi connectivity index (χ1n) is 22.8. The number of carboxylic acid groups (broad SMARTS) is 3. The van der Waals surface area contributed by atoms with Crippen LogP contribution in [0.3, 0.4) is 0 Å².